The highest BCUT2D eigenvalue weighted by Crippen LogP contribution is 2.19. The van der Waals surface area contributed by atoms with Crippen LogP contribution in [0.15, 0.2) is 18.2 Å². The number of hydrogen-bond donors (Lipinski definition) is 1. The van der Waals surface area contributed by atoms with Gasteiger partial charge in [-0.15, -0.1) is 0 Å². The molecule has 1 aliphatic heterocycles. The zero-order chi connectivity index (χ0) is 15.4. The summed E-state index contributed by atoms with van der Waals surface area (Å²) in [7, 11) is 0. The van der Waals surface area contributed by atoms with Gasteiger partial charge < -0.3 is 10.0 Å². The smallest absolute Gasteiger partial charge is 0.308 e. The van der Waals surface area contributed by atoms with Crippen LogP contribution in [0.5, 0.6) is 0 Å². The van der Waals surface area contributed by atoms with E-state index in [1.807, 2.05) is 0 Å². The van der Waals surface area contributed by atoms with E-state index < -0.39 is 11.9 Å². The van der Waals surface area contributed by atoms with Gasteiger partial charge in [-0.05, 0) is 44.2 Å². The number of aliphatic carboxylic acids is 1. The standard InChI is InChI=1S/C17H23NO3/c1-12-5-6-14(13(2)10-12)7-8-16(19)18-9-3-4-15(11-18)17(20)21/h5-6,10,15H,3-4,7-9,11H2,1-2H3,(H,20,21). The minimum atomic E-state index is -0.790. The molecule has 1 fully saturated rings. The van der Waals surface area contributed by atoms with Crippen LogP contribution in [0, 0.1) is 19.8 Å². The SMILES string of the molecule is Cc1ccc(CCC(=O)N2CCCC(C(=O)O)C2)c(C)c1. The third-order valence-corrected chi connectivity index (χ3v) is 4.23. The summed E-state index contributed by atoms with van der Waals surface area (Å²) in [5.74, 6) is -1.12. The van der Waals surface area contributed by atoms with Gasteiger partial charge in [-0.1, -0.05) is 23.8 Å². The number of aryl methyl sites for hydroxylation is 3. The number of hydrogen-bond acceptors (Lipinski definition) is 2. The molecule has 1 aromatic rings. The Bertz CT molecular complexity index is 539. The summed E-state index contributed by atoms with van der Waals surface area (Å²) < 4.78 is 0. The van der Waals surface area contributed by atoms with Crippen molar-refractivity contribution in [3.8, 4) is 0 Å². The highest BCUT2D eigenvalue weighted by molar-refractivity contribution is 5.78. The molecule has 1 atom stereocenters. The van der Waals surface area contributed by atoms with E-state index in [0.717, 1.165) is 12.8 Å². The highest BCUT2D eigenvalue weighted by atomic mass is 16.4. The Labute approximate surface area is 125 Å². The number of benzene rings is 1. The van der Waals surface area contributed by atoms with E-state index in [2.05, 4.69) is 32.0 Å². The van der Waals surface area contributed by atoms with Crippen molar-refractivity contribution < 1.29 is 14.7 Å². The van der Waals surface area contributed by atoms with Crippen LogP contribution in [-0.4, -0.2) is 35.0 Å². The lowest BCUT2D eigenvalue weighted by Gasteiger charge is -2.30. The van der Waals surface area contributed by atoms with Crippen LogP contribution in [0.2, 0.25) is 0 Å². The van der Waals surface area contributed by atoms with Crippen molar-refractivity contribution in [1.82, 2.24) is 4.90 Å². The third-order valence-electron chi connectivity index (χ3n) is 4.23. The maximum atomic E-state index is 12.3. The molecule has 4 heteroatoms. The van der Waals surface area contributed by atoms with Crippen LogP contribution in [0.3, 0.4) is 0 Å². The Morgan fingerprint density at radius 3 is 2.76 bits per heavy atom. The summed E-state index contributed by atoms with van der Waals surface area (Å²) in [4.78, 5) is 25.0. The third kappa shape index (κ3) is 4.06. The van der Waals surface area contributed by atoms with E-state index in [1.54, 1.807) is 4.90 Å². The largest absolute Gasteiger partial charge is 0.481 e. The van der Waals surface area contributed by atoms with E-state index in [-0.39, 0.29) is 5.91 Å². The molecule has 21 heavy (non-hydrogen) atoms. The first-order chi connectivity index (χ1) is 9.97. The second kappa shape index (κ2) is 6.74. The second-order valence-electron chi connectivity index (χ2n) is 5.95. The van der Waals surface area contributed by atoms with Crippen LogP contribution >= 0.6 is 0 Å². The lowest BCUT2D eigenvalue weighted by molar-refractivity contribution is -0.145. The van der Waals surface area contributed by atoms with Gasteiger partial charge in [-0.2, -0.15) is 0 Å². The topological polar surface area (TPSA) is 57.6 Å². The number of piperidine rings is 1. The molecule has 0 spiro atoms. The first kappa shape index (κ1) is 15.5. The van der Waals surface area contributed by atoms with Crippen LogP contribution in [0.1, 0.15) is 36.0 Å². The summed E-state index contributed by atoms with van der Waals surface area (Å²) in [6.45, 7) is 5.17. The van der Waals surface area contributed by atoms with E-state index in [0.29, 0.717) is 25.9 Å². The summed E-state index contributed by atoms with van der Waals surface area (Å²) in [6, 6.07) is 6.27. The monoisotopic (exact) mass is 289 g/mol. The van der Waals surface area contributed by atoms with Gasteiger partial charge in [0.15, 0.2) is 0 Å². The molecule has 1 aromatic carbocycles. The van der Waals surface area contributed by atoms with Crippen molar-refractivity contribution in [2.24, 2.45) is 5.92 Å². The Morgan fingerprint density at radius 2 is 2.10 bits per heavy atom. The highest BCUT2D eigenvalue weighted by Gasteiger charge is 2.27. The van der Waals surface area contributed by atoms with E-state index >= 15 is 0 Å². The summed E-state index contributed by atoms with van der Waals surface area (Å²) in [5.41, 5.74) is 3.63. The minimum Gasteiger partial charge on any atom is -0.481 e. The van der Waals surface area contributed by atoms with E-state index in [4.69, 9.17) is 5.11 Å². The minimum absolute atomic E-state index is 0.0703. The van der Waals surface area contributed by atoms with Crippen molar-refractivity contribution in [1.29, 1.82) is 0 Å². The fourth-order valence-electron chi connectivity index (χ4n) is 2.93. The van der Waals surface area contributed by atoms with E-state index in [9.17, 15) is 9.59 Å². The molecule has 4 nitrogen and oxygen atoms in total. The van der Waals surface area contributed by atoms with Gasteiger partial charge in [0.2, 0.25) is 5.91 Å². The molecule has 1 aliphatic rings. The van der Waals surface area contributed by atoms with Crippen LogP contribution in [0.4, 0.5) is 0 Å². The number of carbonyl (C=O) groups excluding carboxylic acids is 1. The first-order valence-corrected chi connectivity index (χ1v) is 7.54. The van der Waals surface area contributed by atoms with Crippen molar-refractivity contribution in [2.75, 3.05) is 13.1 Å². The maximum absolute atomic E-state index is 12.3. The molecule has 0 aromatic heterocycles. The van der Waals surface area contributed by atoms with Crippen molar-refractivity contribution in [3.63, 3.8) is 0 Å². The molecule has 2 rings (SSSR count). The molecule has 0 saturated carbocycles. The number of nitrogens with zero attached hydrogens (tertiary/aromatic N) is 1. The lowest BCUT2D eigenvalue weighted by atomic mass is 9.97. The van der Waals surface area contributed by atoms with Gasteiger partial charge >= 0.3 is 5.97 Å². The number of likely N-dealkylation sites (tertiary alicyclic amines) is 1. The average molecular weight is 289 g/mol. The predicted octanol–water partition coefficient (Wildman–Crippen LogP) is 2.56. The molecule has 0 aliphatic carbocycles. The normalized spacial score (nSPS) is 18.6. The number of carboxylic acids is 1. The second-order valence-corrected chi connectivity index (χ2v) is 5.95. The summed E-state index contributed by atoms with van der Waals surface area (Å²) in [5, 5.41) is 9.07. The molecule has 1 heterocycles. The van der Waals surface area contributed by atoms with Crippen LogP contribution in [-0.2, 0) is 16.0 Å². The fourth-order valence-corrected chi connectivity index (χ4v) is 2.93. The molecule has 1 unspecified atom stereocenters. The molecule has 1 saturated heterocycles. The van der Waals surface area contributed by atoms with Crippen molar-refractivity contribution in [2.45, 2.75) is 39.5 Å². The molecule has 114 valence electrons. The average Bonchev–Trinajstić information content (AvgIpc) is 2.46. The Hall–Kier alpha value is -1.84. The van der Waals surface area contributed by atoms with E-state index in [1.165, 1.54) is 16.7 Å². The maximum Gasteiger partial charge on any atom is 0.308 e. The number of amides is 1. The first-order valence-electron chi connectivity index (χ1n) is 7.54. The molecule has 0 bridgehead atoms. The molecular weight excluding hydrogens is 266 g/mol. The Morgan fingerprint density at radius 1 is 1.33 bits per heavy atom. The molecule has 1 N–H and O–H groups in total. The molecular formula is C17H23NO3. The zero-order valence-corrected chi connectivity index (χ0v) is 12.8. The van der Waals surface area contributed by atoms with Crippen LogP contribution in [0.25, 0.3) is 0 Å². The van der Waals surface area contributed by atoms with Crippen molar-refractivity contribution >= 4 is 11.9 Å². The van der Waals surface area contributed by atoms with Gasteiger partial charge in [0, 0.05) is 19.5 Å². The van der Waals surface area contributed by atoms with Gasteiger partial charge in [0.05, 0.1) is 5.92 Å². The Kier molecular flexibility index (Phi) is 4.99. The molecule has 1 amide bonds. The fraction of sp³-hybridized carbons (Fsp3) is 0.529. The van der Waals surface area contributed by atoms with Gasteiger partial charge in [-0.25, -0.2) is 0 Å². The van der Waals surface area contributed by atoms with Crippen molar-refractivity contribution in [3.05, 3.63) is 34.9 Å². The van der Waals surface area contributed by atoms with Crippen LogP contribution < -0.4 is 0 Å². The lowest BCUT2D eigenvalue weighted by Crippen LogP contribution is -2.42. The van der Waals surface area contributed by atoms with Gasteiger partial charge in [0.1, 0.15) is 0 Å². The Balaban J connectivity index is 1.90. The predicted molar refractivity (Wildman–Crippen MR) is 81.2 cm³/mol. The number of rotatable bonds is 4. The molecule has 0 radical (unpaired) electrons. The summed E-state index contributed by atoms with van der Waals surface area (Å²) >= 11 is 0. The van der Waals surface area contributed by atoms with Gasteiger partial charge in [-0.3, -0.25) is 9.59 Å². The summed E-state index contributed by atoms with van der Waals surface area (Å²) in [6.07, 6.45) is 2.64. The number of carbonyl (C=O) groups is 2. The number of carboxylic acid groups (broad SMARTS) is 1. The quantitative estimate of drug-likeness (QED) is 0.926. The van der Waals surface area contributed by atoms with Gasteiger partial charge in [0.25, 0.3) is 0 Å². The zero-order valence-electron chi connectivity index (χ0n) is 12.8.